The van der Waals surface area contributed by atoms with Crippen LogP contribution in [0.2, 0.25) is 0 Å². The molecule has 25 heavy (non-hydrogen) atoms. The van der Waals surface area contributed by atoms with Crippen molar-refractivity contribution in [3.05, 3.63) is 59.7 Å². The van der Waals surface area contributed by atoms with Crippen LogP contribution in [-0.4, -0.2) is 51.1 Å². The van der Waals surface area contributed by atoms with Crippen molar-refractivity contribution in [2.45, 2.75) is 6.61 Å². The second-order valence-corrected chi connectivity index (χ2v) is 6.39. The summed E-state index contributed by atoms with van der Waals surface area (Å²) in [7, 11) is 3.75. The van der Waals surface area contributed by atoms with E-state index >= 15 is 0 Å². The van der Waals surface area contributed by atoms with Crippen LogP contribution in [0.15, 0.2) is 48.5 Å². The SMILES string of the molecule is COc1cc(C(=O)N2CC[NH+](C)CC2)ccc1OCc1ccccc1. The summed E-state index contributed by atoms with van der Waals surface area (Å²) < 4.78 is 11.3. The maximum absolute atomic E-state index is 12.7. The van der Waals surface area contributed by atoms with Gasteiger partial charge >= 0.3 is 0 Å². The maximum atomic E-state index is 12.7. The third-order valence-electron chi connectivity index (χ3n) is 4.55. The number of ether oxygens (including phenoxy) is 2. The van der Waals surface area contributed by atoms with Crippen molar-refractivity contribution < 1.29 is 19.2 Å². The number of piperazine rings is 1. The Bertz CT molecular complexity index is 710. The largest absolute Gasteiger partial charge is 0.493 e. The van der Waals surface area contributed by atoms with Crippen molar-refractivity contribution in [2.75, 3.05) is 40.3 Å². The molecule has 1 aliphatic heterocycles. The van der Waals surface area contributed by atoms with Gasteiger partial charge in [-0.1, -0.05) is 30.3 Å². The summed E-state index contributed by atoms with van der Waals surface area (Å²) >= 11 is 0. The summed E-state index contributed by atoms with van der Waals surface area (Å²) in [4.78, 5) is 16.1. The lowest BCUT2D eigenvalue weighted by molar-refractivity contribution is -0.883. The topological polar surface area (TPSA) is 43.2 Å². The number of benzene rings is 2. The van der Waals surface area contributed by atoms with Crippen LogP contribution in [0.5, 0.6) is 11.5 Å². The minimum Gasteiger partial charge on any atom is -0.493 e. The van der Waals surface area contributed by atoms with Crippen LogP contribution in [0.1, 0.15) is 15.9 Å². The Morgan fingerprint density at radius 2 is 1.80 bits per heavy atom. The smallest absolute Gasteiger partial charge is 0.254 e. The molecule has 1 saturated heterocycles. The Morgan fingerprint density at radius 3 is 2.48 bits per heavy atom. The zero-order chi connectivity index (χ0) is 17.6. The fraction of sp³-hybridized carbons (Fsp3) is 0.350. The van der Waals surface area contributed by atoms with Crippen molar-refractivity contribution in [1.29, 1.82) is 0 Å². The van der Waals surface area contributed by atoms with Crippen LogP contribution >= 0.6 is 0 Å². The van der Waals surface area contributed by atoms with E-state index in [4.69, 9.17) is 9.47 Å². The highest BCUT2D eigenvalue weighted by atomic mass is 16.5. The fourth-order valence-electron chi connectivity index (χ4n) is 2.93. The number of nitrogens with one attached hydrogen (secondary N) is 1. The molecule has 0 atom stereocenters. The van der Waals surface area contributed by atoms with Gasteiger partial charge in [0.15, 0.2) is 11.5 Å². The summed E-state index contributed by atoms with van der Waals surface area (Å²) in [5.41, 5.74) is 1.73. The molecule has 1 amide bonds. The summed E-state index contributed by atoms with van der Waals surface area (Å²) in [6, 6.07) is 15.4. The first-order chi connectivity index (χ1) is 12.2. The van der Waals surface area contributed by atoms with Crippen LogP contribution in [-0.2, 0) is 6.61 Å². The van der Waals surface area contributed by atoms with Gasteiger partial charge in [-0.2, -0.15) is 0 Å². The lowest BCUT2D eigenvalue weighted by atomic mass is 10.1. The number of rotatable bonds is 5. The molecular formula is C20H25N2O3+. The average molecular weight is 341 g/mol. The zero-order valence-electron chi connectivity index (χ0n) is 14.8. The standard InChI is InChI=1S/C20H24N2O3/c1-21-10-12-22(13-11-21)20(23)17-8-9-18(19(14-17)24-2)25-15-16-6-4-3-5-7-16/h3-9,14H,10-13,15H2,1-2H3/p+1. The van der Waals surface area contributed by atoms with Crippen molar-refractivity contribution >= 4 is 5.91 Å². The zero-order valence-corrected chi connectivity index (χ0v) is 14.8. The van der Waals surface area contributed by atoms with E-state index in [1.807, 2.05) is 47.4 Å². The van der Waals surface area contributed by atoms with Gasteiger partial charge in [0.2, 0.25) is 0 Å². The molecule has 0 unspecified atom stereocenters. The van der Waals surface area contributed by atoms with Crippen molar-refractivity contribution in [1.82, 2.24) is 4.90 Å². The first-order valence-corrected chi connectivity index (χ1v) is 8.62. The summed E-state index contributed by atoms with van der Waals surface area (Å²) in [6.45, 7) is 4.02. The van der Waals surface area contributed by atoms with Crippen LogP contribution in [0, 0.1) is 0 Å². The average Bonchev–Trinajstić information content (AvgIpc) is 2.67. The first kappa shape index (κ1) is 17.3. The number of carbonyl (C=O) groups is 1. The van der Waals surface area contributed by atoms with E-state index in [2.05, 4.69) is 7.05 Å². The van der Waals surface area contributed by atoms with Crippen LogP contribution < -0.4 is 14.4 Å². The van der Waals surface area contributed by atoms with Crippen LogP contribution in [0.3, 0.4) is 0 Å². The molecule has 0 aromatic heterocycles. The Balaban J connectivity index is 1.69. The maximum Gasteiger partial charge on any atom is 0.254 e. The number of carbonyl (C=O) groups excluding carboxylic acids is 1. The minimum absolute atomic E-state index is 0.0559. The molecule has 1 aliphatic rings. The number of hydrogen-bond acceptors (Lipinski definition) is 3. The molecule has 2 aromatic rings. The van der Waals surface area contributed by atoms with E-state index in [1.54, 1.807) is 13.2 Å². The van der Waals surface area contributed by atoms with E-state index in [-0.39, 0.29) is 5.91 Å². The molecule has 0 radical (unpaired) electrons. The molecular weight excluding hydrogens is 316 g/mol. The van der Waals surface area contributed by atoms with E-state index < -0.39 is 0 Å². The number of hydrogen-bond donors (Lipinski definition) is 1. The molecule has 1 fully saturated rings. The van der Waals surface area contributed by atoms with Gasteiger partial charge < -0.3 is 19.3 Å². The summed E-state index contributed by atoms with van der Waals surface area (Å²) in [5, 5.41) is 0. The predicted octanol–water partition coefficient (Wildman–Crippen LogP) is 1.24. The number of amides is 1. The molecule has 2 aromatic carbocycles. The molecule has 1 N–H and O–H groups in total. The van der Waals surface area contributed by atoms with Gasteiger partial charge in [0.05, 0.1) is 40.3 Å². The van der Waals surface area contributed by atoms with Gasteiger partial charge in [0, 0.05) is 5.56 Å². The van der Waals surface area contributed by atoms with E-state index in [1.165, 1.54) is 4.90 Å². The Hall–Kier alpha value is -2.53. The molecule has 0 aliphatic carbocycles. The highest BCUT2D eigenvalue weighted by molar-refractivity contribution is 5.95. The van der Waals surface area contributed by atoms with Gasteiger partial charge in [0.25, 0.3) is 5.91 Å². The Kier molecular flexibility index (Phi) is 5.56. The molecule has 0 spiro atoms. The van der Waals surface area contributed by atoms with Crippen molar-refractivity contribution in [2.24, 2.45) is 0 Å². The fourth-order valence-corrected chi connectivity index (χ4v) is 2.93. The monoisotopic (exact) mass is 341 g/mol. The van der Waals surface area contributed by atoms with Crippen molar-refractivity contribution in [3.8, 4) is 11.5 Å². The van der Waals surface area contributed by atoms with E-state index in [9.17, 15) is 4.79 Å². The predicted molar refractivity (Wildman–Crippen MR) is 96.3 cm³/mol. The Labute approximate surface area is 148 Å². The molecule has 0 bridgehead atoms. The van der Waals surface area contributed by atoms with E-state index in [0.717, 1.165) is 31.7 Å². The lowest BCUT2D eigenvalue weighted by Gasteiger charge is -2.30. The second-order valence-electron chi connectivity index (χ2n) is 6.39. The molecule has 1 heterocycles. The highest BCUT2D eigenvalue weighted by Gasteiger charge is 2.23. The quantitative estimate of drug-likeness (QED) is 0.890. The minimum atomic E-state index is 0.0559. The van der Waals surface area contributed by atoms with E-state index in [0.29, 0.717) is 23.7 Å². The molecule has 5 heteroatoms. The van der Waals surface area contributed by atoms with Gasteiger partial charge in [-0.15, -0.1) is 0 Å². The Morgan fingerprint density at radius 1 is 1.08 bits per heavy atom. The number of nitrogens with zero attached hydrogens (tertiary/aromatic N) is 1. The van der Waals surface area contributed by atoms with Gasteiger partial charge in [-0.3, -0.25) is 4.79 Å². The molecule has 5 nitrogen and oxygen atoms in total. The molecule has 0 saturated carbocycles. The van der Waals surface area contributed by atoms with Crippen LogP contribution in [0.4, 0.5) is 0 Å². The normalized spacial score (nSPS) is 15.0. The number of likely N-dealkylation sites (N-methyl/N-ethyl adjacent to an activating group) is 1. The summed E-state index contributed by atoms with van der Waals surface area (Å²) in [6.07, 6.45) is 0. The van der Waals surface area contributed by atoms with Gasteiger partial charge in [-0.25, -0.2) is 0 Å². The summed E-state index contributed by atoms with van der Waals surface area (Å²) in [5.74, 6) is 1.28. The number of quaternary nitrogens is 1. The second kappa shape index (κ2) is 8.03. The number of methoxy groups -OCH3 is 1. The first-order valence-electron chi connectivity index (χ1n) is 8.62. The molecule has 3 rings (SSSR count). The lowest BCUT2D eigenvalue weighted by Crippen LogP contribution is -3.12. The van der Waals surface area contributed by atoms with Gasteiger partial charge in [0.1, 0.15) is 6.61 Å². The third-order valence-corrected chi connectivity index (χ3v) is 4.55. The van der Waals surface area contributed by atoms with Gasteiger partial charge in [-0.05, 0) is 23.8 Å². The molecule has 132 valence electrons. The third kappa shape index (κ3) is 4.31. The van der Waals surface area contributed by atoms with Crippen LogP contribution in [0.25, 0.3) is 0 Å². The highest BCUT2D eigenvalue weighted by Crippen LogP contribution is 2.29. The van der Waals surface area contributed by atoms with Crippen molar-refractivity contribution in [3.63, 3.8) is 0 Å².